The molecule has 0 fully saturated rings. The van der Waals surface area contributed by atoms with Crippen LogP contribution in [0.5, 0.6) is 5.75 Å². The highest BCUT2D eigenvalue weighted by molar-refractivity contribution is 7.95. The van der Waals surface area contributed by atoms with Crippen molar-refractivity contribution in [3.63, 3.8) is 0 Å². The monoisotopic (exact) mass is 324 g/mol. The topological polar surface area (TPSA) is 72.8 Å². The minimum Gasteiger partial charge on any atom is -0.546 e. The van der Waals surface area contributed by atoms with E-state index in [9.17, 15) is 12.6 Å². The third-order valence-corrected chi connectivity index (χ3v) is 5.17. The summed E-state index contributed by atoms with van der Waals surface area (Å²) >= 11 is 0. The molecule has 0 saturated heterocycles. The summed E-state index contributed by atoms with van der Waals surface area (Å²) in [6.07, 6.45) is 0.871. The van der Waals surface area contributed by atoms with E-state index in [0.29, 0.717) is 5.75 Å². The average Bonchev–Trinajstić information content (AvgIpc) is 2.48. The molecule has 2 aromatic rings. The highest BCUT2D eigenvalue weighted by atomic mass is 32.3. The first kappa shape index (κ1) is 15.5. The number of benzene rings is 2. The molecule has 0 atom stereocenters. The van der Waals surface area contributed by atoms with Gasteiger partial charge in [0.25, 0.3) is 10.0 Å². The van der Waals surface area contributed by atoms with Crippen molar-refractivity contribution < 1.29 is 16.8 Å². The highest BCUT2D eigenvalue weighted by Crippen LogP contribution is 2.15. The van der Waals surface area contributed by atoms with Crippen molar-refractivity contribution in [3.8, 4) is 5.75 Å². The Kier molecular flexibility index (Phi) is 4.98. The van der Waals surface area contributed by atoms with Crippen LogP contribution in [0, 0.1) is 0 Å². The third kappa shape index (κ3) is 4.30. The fourth-order valence-electron chi connectivity index (χ4n) is 1.59. The summed E-state index contributed by atoms with van der Waals surface area (Å²) in [5.74, 6) is 0.303. The highest BCUT2D eigenvalue weighted by Gasteiger charge is 2.08. The minimum atomic E-state index is -3.99. The summed E-state index contributed by atoms with van der Waals surface area (Å²) in [5, 5.41) is 0. The first-order valence-electron chi connectivity index (χ1n) is 6.23. The van der Waals surface area contributed by atoms with Gasteiger partial charge in [0, 0.05) is 10.9 Å². The Labute approximate surface area is 126 Å². The van der Waals surface area contributed by atoms with E-state index < -0.39 is 20.9 Å². The van der Waals surface area contributed by atoms with Crippen LogP contribution in [0.4, 0.5) is 0 Å². The van der Waals surface area contributed by atoms with Gasteiger partial charge in [-0.1, -0.05) is 37.3 Å². The van der Waals surface area contributed by atoms with Crippen LogP contribution in [0.15, 0.2) is 63.3 Å². The molecule has 0 spiro atoms. The molecule has 0 aromatic heterocycles. The average molecular weight is 324 g/mol. The molecule has 0 N–H and O–H groups in total. The molecular weight excluding hydrogens is 310 g/mol. The molecule has 0 unspecified atom stereocenters. The van der Waals surface area contributed by atoms with Crippen molar-refractivity contribution in [2.24, 2.45) is 3.77 Å². The molecule has 0 bridgehead atoms. The van der Waals surface area contributed by atoms with Crippen LogP contribution in [0.2, 0.25) is 0 Å². The molecule has 0 heterocycles. The smallest absolute Gasteiger partial charge is 0.263 e. The fourth-order valence-corrected chi connectivity index (χ4v) is 3.48. The lowest BCUT2D eigenvalue weighted by molar-refractivity contribution is 0.528. The van der Waals surface area contributed by atoms with Crippen LogP contribution in [0.1, 0.15) is 12.5 Å². The summed E-state index contributed by atoms with van der Waals surface area (Å²) < 4.78 is 43.7. The lowest BCUT2D eigenvalue weighted by atomic mass is 10.2. The normalized spacial score (nSPS) is 13.0. The van der Waals surface area contributed by atoms with Crippen LogP contribution in [-0.4, -0.2) is 8.42 Å². The van der Waals surface area contributed by atoms with Crippen LogP contribution < -0.4 is 4.18 Å². The largest absolute Gasteiger partial charge is 0.546 e. The van der Waals surface area contributed by atoms with E-state index in [2.05, 4.69) is 3.77 Å². The van der Waals surface area contributed by atoms with E-state index >= 15 is 0 Å². The van der Waals surface area contributed by atoms with Crippen LogP contribution in [0.25, 0.3) is 0 Å². The van der Waals surface area contributed by atoms with Gasteiger partial charge < -0.3 is 8.39 Å². The van der Waals surface area contributed by atoms with Gasteiger partial charge in [-0.3, -0.25) is 0 Å². The van der Waals surface area contributed by atoms with Gasteiger partial charge in [-0.2, -0.15) is 0 Å². The quantitative estimate of drug-likeness (QED) is 0.792. The molecule has 0 aliphatic rings. The summed E-state index contributed by atoms with van der Waals surface area (Å²) in [5.41, 5.74) is 1.10. The molecular formula is C14H14NO4S2-. The number of hydrogen-bond acceptors (Lipinski definition) is 5. The molecule has 0 saturated carbocycles. The summed E-state index contributed by atoms with van der Waals surface area (Å²) in [7, 11) is -6.31. The molecule has 7 heteroatoms. The van der Waals surface area contributed by atoms with E-state index in [1.165, 1.54) is 12.1 Å². The third-order valence-electron chi connectivity index (χ3n) is 2.70. The Hall–Kier alpha value is -1.86. The van der Waals surface area contributed by atoms with Crippen molar-refractivity contribution >= 4 is 20.9 Å². The summed E-state index contributed by atoms with van der Waals surface area (Å²) in [6, 6.07) is 14.5. The predicted octanol–water partition coefficient (Wildman–Crippen LogP) is 3.08. The maximum atomic E-state index is 11.9. The number of hydrogen-bond donors (Lipinski definition) is 0. The lowest BCUT2D eigenvalue weighted by Gasteiger charge is -2.10. The predicted molar refractivity (Wildman–Crippen MR) is 80.6 cm³/mol. The van der Waals surface area contributed by atoms with E-state index in [1.807, 2.05) is 19.1 Å². The maximum absolute atomic E-state index is 11.9. The molecule has 2 rings (SSSR count). The van der Waals surface area contributed by atoms with Crippen molar-refractivity contribution in [2.45, 2.75) is 18.2 Å². The molecule has 0 aliphatic carbocycles. The van der Waals surface area contributed by atoms with Crippen molar-refractivity contribution in [1.29, 1.82) is 0 Å². The number of nitrogens with zero attached hydrogens (tertiary/aromatic N) is 1. The van der Waals surface area contributed by atoms with E-state index in [-0.39, 0.29) is 4.90 Å². The van der Waals surface area contributed by atoms with Crippen molar-refractivity contribution in [1.82, 2.24) is 0 Å². The van der Waals surface area contributed by atoms with Gasteiger partial charge in [0.05, 0.1) is 4.90 Å². The van der Waals surface area contributed by atoms with E-state index in [0.717, 1.165) is 12.0 Å². The summed E-state index contributed by atoms with van der Waals surface area (Å²) in [4.78, 5) is -0.0247. The second-order valence-corrected chi connectivity index (χ2v) is 6.78. The van der Waals surface area contributed by atoms with Gasteiger partial charge in [0.15, 0.2) is 0 Å². The Morgan fingerprint density at radius 3 is 2.24 bits per heavy atom. The van der Waals surface area contributed by atoms with Crippen molar-refractivity contribution in [2.75, 3.05) is 0 Å². The molecule has 21 heavy (non-hydrogen) atoms. The zero-order chi connectivity index (χ0) is 15.3. The first-order valence-corrected chi connectivity index (χ1v) is 8.70. The van der Waals surface area contributed by atoms with Gasteiger partial charge in [-0.15, -0.1) is 0 Å². The number of aryl methyl sites for hydroxylation is 1. The Morgan fingerprint density at radius 2 is 1.67 bits per heavy atom. The van der Waals surface area contributed by atoms with Crippen LogP contribution in [-0.2, 0) is 31.5 Å². The van der Waals surface area contributed by atoms with Gasteiger partial charge in [0.2, 0.25) is 0 Å². The second-order valence-electron chi connectivity index (χ2n) is 4.16. The standard InChI is InChI=1S/C14H14NO4S2/c1-2-12-8-10-13(11-9-12)19-20(16)15-21(17,18)14-6-4-3-5-7-14/h3-11H,2H2,1H3/q-1. The molecule has 2 aromatic carbocycles. The number of rotatable bonds is 5. The number of sulfonamides is 1. The zero-order valence-corrected chi connectivity index (χ0v) is 12.9. The Bertz CT molecular complexity index is 777. The Morgan fingerprint density at radius 1 is 1.05 bits per heavy atom. The summed E-state index contributed by atoms with van der Waals surface area (Å²) in [6.45, 7) is 2.01. The minimum absolute atomic E-state index is 0.0247. The Balaban J connectivity index is 2.19. The van der Waals surface area contributed by atoms with E-state index in [1.54, 1.807) is 30.3 Å². The molecule has 0 amide bonds. The second kappa shape index (κ2) is 6.73. The molecule has 5 nitrogen and oxygen atoms in total. The molecule has 0 aliphatic heterocycles. The first-order chi connectivity index (χ1) is 10.0. The van der Waals surface area contributed by atoms with Gasteiger partial charge >= 0.3 is 0 Å². The van der Waals surface area contributed by atoms with Gasteiger partial charge in [0.1, 0.15) is 5.75 Å². The zero-order valence-electron chi connectivity index (χ0n) is 11.3. The maximum Gasteiger partial charge on any atom is 0.263 e. The van der Waals surface area contributed by atoms with E-state index in [4.69, 9.17) is 4.18 Å². The van der Waals surface area contributed by atoms with Gasteiger partial charge in [-0.05, 0) is 36.2 Å². The fraction of sp³-hybridized carbons (Fsp3) is 0.143. The SMILES string of the molecule is CCc1ccc(O/[S-](=O)=N/S(=O)(=O)c2ccccc2)cc1. The van der Waals surface area contributed by atoms with Crippen LogP contribution in [0.3, 0.4) is 0 Å². The molecule has 112 valence electrons. The van der Waals surface area contributed by atoms with Gasteiger partial charge in [-0.25, -0.2) is 12.2 Å². The molecule has 0 radical (unpaired) electrons. The van der Waals surface area contributed by atoms with Crippen molar-refractivity contribution in [3.05, 3.63) is 60.2 Å². The van der Waals surface area contributed by atoms with Crippen LogP contribution >= 0.6 is 0 Å². The lowest BCUT2D eigenvalue weighted by Crippen LogP contribution is -1.99.